The van der Waals surface area contributed by atoms with Gasteiger partial charge in [0.05, 0.1) is 7.11 Å². The summed E-state index contributed by atoms with van der Waals surface area (Å²) in [6.45, 7) is 4.43. The summed E-state index contributed by atoms with van der Waals surface area (Å²) in [5.74, 6) is -1.19. The molecule has 0 spiro atoms. The highest BCUT2D eigenvalue weighted by atomic mass is 16.5. The molecule has 1 aromatic rings. The Bertz CT molecular complexity index is 457. The number of rotatable bonds is 4. The Morgan fingerprint density at radius 1 is 1.44 bits per heavy atom. The van der Waals surface area contributed by atoms with Crippen molar-refractivity contribution in [2.45, 2.75) is 13.8 Å². The van der Waals surface area contributed by atoms with Gasteiger partial charge in [-0.1, -0.05) is 13.8 Å². The molecule has 0 bridgehead atoms. The maximum absolute atomic E-state index is 11.7. The van der Waals surface area contributed by atoms with Gasteiger partial charge in [0.15, 0.2) is 5.69 Å². The summed E-state index contributed by atoms with van der Waals surface area (Å²) in [5.41, 5.74) is -0.205. The lowest BCUT2D eigenvalue weighted by Gasteiger charge is -2.08. The lowest BCUT2D eigenvalue weighted by atomic mass is 10.2. The molecular formula is C12H16N2O4. The number of aromatic nitrogens is 1. The molecule has 1 amide bonds. The van der Waals surface area contributed by atoms with E-state index in [2.05, 4.69) is 15.0 Å². The minimum atomic E-state index is -0.786. The van der Waals surface area contributed by atoms with Crippen molar-refractivity contribution in [1.82, 2.24) is 10.3 Å². The van der Waals surface area contributed by atoms with Crippen LogP contribution < -0.4 is 5.32 Å². The smallest absolute Gasteiger partial charge is 0.360 e. The van der Waals surface area contributed by atoms with Crippen LogP contribution >= 0.6 is 0 Å². The Morgan fingerprint density at radius 2 is 2.11 bits per heavy atom. The third-order valence-electron chi connectivity index (χ3n) is 2.16. The first-order valence-corrected chi connectivity index (χ1v) is 5.52. The van der Waals surface area contributed by atoms with Crippen LogP contribution in [0.15, 0.2) is 12.1 Å². The van der Waals surface area contributed by atoms with Crippen LogP contribution in [-0.4, -0.2) is 35.6 Å². The van der Waals surface area contributed by atoms with E-state index in [0.717, 1.165) is 0 Å². The number of methoxy groups -OCH3 is 1. The SMILES string of the molecule is COC(=O)c1nc(C(=O)NCC(C)C)ccc1O. The summed E-state index contributed by atoms with van der Waals surface area (Å²) in [5, 5.41) is 12.1. The van der Waals surface area contributed by atoms with Crippen molar-refractivity contribution in [3.8, 4) is 5.75 Å². The molecule has 1 heterocycles. The number of carbonyl (C=O) groups excluding carboxylic acids is 2. The van der Waals surface area contributed by atoms with E-state index in [1.165, 1.54) is 19.2 Å². The Balaban J connectivity index is 2.91. The third-order valence-corrected chi connectivity index (χ3v) is 2.16. The summed E-state index contributed by atoms with van der Waals surface area (Å²) in [6.07, 6.45) is 0. The minimum Gasteiger partial charge on any atom is -0.505 e. The molecule has 0 aliphatic rings. The normalized spacial score (nSPS) is 10.2. The second-order valence-corrected chi connectivity index (χ2v) is 4.16. The van der Waals surface area contributed by atoms with Crippen molar-refractivity contribution in [3.05, 3.63) is 23.5 Å². The van der Waals surface area contributed by atoms with Gasteiger partial charge in [0.1, 0.15) is 11.4 Å². The molecule has 0 saturated heterocycles. The topological polar surface area (TPSA) is 88.5 Å². The summed E-state index contributed by atoms with van der Waals surface area (Å²) in [7, 11) is 1.18. The van der Waals surface area contributed by atoms with Crippen LogP contribution in [-0.2, 0) is 4.74 Å². The van der Waals surface area contributed by atoms with Crippen LogP contribution in [0.1, 0.15) is 34.8 Å². The minimum absolute atomic E-state index is 0.0638. The number of ether oxygens (including phenoxy) is 1. The molecule has 18 heavy (non-hydrogen) atoms. The lowest BCUT2D eigenvalue weighted by Crippen LogP contribution is -2.28. The highest BCUT2D eigenvalue weighted by molar-refractivity contribution is 5.95. The molecule has 0 aliphatic carbocycles. The molecule has 0 aromatic carbocycles. The molecule has 1 aromatic heterocycles. The van der Waals surface area contributed by atoms with E-state index in [1.807, 2.05) is 13.8 Å². The first-order chi connectivity index (χ1) is 8.45. The van der Waals surface area contributed by atoms with Gasteiger partial charge >= 0.3 is 5.97 Å². The van der Waals surface area contributed by atoms with E-state index in [9.17, 15) is 14.7 Å². The maximum Gasteiger partial charge on any atom is 0.360 e. The van der Waals surface area contributed by atoms with Gasteiger partial charge in [-0.2, -0.15) is 0 Å². The van der Waals surface area contributed by atoms with Crippen LogP contribution in [0.3, 0.4) is 0 Å². The molecule has 1 rings (SSSR count). The number of esters is 1. The molecular weight excluding hydrogens is 236 g/mol. The van der Waals surface area contributed by atoms with Gasteiger partial charge in [-0.3, -0.25) is 4.79 Å². The summed E-state index contributed by atoms with van der Waals surface area (Å²) < 4.78 is 4.46. The van der Waals surface area contributed by atoms with Crippen LogP contribution in [0.2, 0.25) is 0 Å². The summed E-state index contributed by atoms with van der Waals surface area (Å²) >= 11 is 0. The highest BCUT2D eigenvalue weighted by Gasteiger charge is 2.17. The quantitative estimate of drug-likeness (QED) is 0.779. The van der Waals surface area contributed by atoms with Crippen LogP contribution in [0.25, 0.3) is 0 Å². The highest BCUT2D eigenvalue weighted by Crippen LogP contribution is 2.15. The van der Waals surface area contributed by atoms with Crippen molar-refractivity contribution in [2.24, 2.45) is 5.92 Å². The molecule has 0 fully saturated rings. The predicted molar refractivity (Wildman–Crippen MR) is 64.4 cm³/mol. The fraction of sp³-hybridized carbons (Fsp3) is 0.417. The van der Waals surface area contributed by atoms with Crippen molar-refractivity contribution >= 4 is 11.9 Å². The van der Waals surface area contributed by atoms with Gasteiger partial charge < -0.3 is 15.2 Å². The zero-order valence-electron chi connectivity index (χ0n) is 10.6. The van der Waals surface area contributed by atoms with Gasteiger partial charge in [-0.25, -0.2) is 9.78 Å². The molecule has 6 heteroatoms. The number of pyridine rings is 1. The number of nitrogens with one attached hydrogen (secondary N) is 1. The Kier molecular flexibility index (Phi) is 4.65. The monoisotopic (exact) mass is 252 g/mol. The van der Waals surface area contributed by atoms with Crippen LogP contribution in [0.4, 0.5) is 0 Å². The van der Waals surface area contributed by atoms with Gasteiger partial charge in [0.2, 0.25) is 0 Å². The van der Waals surface area contributed by atoms with Crippen LogP contribution in [0, 0.1) is 5.92 Å². The second-order valence-electron chi connectivity index (χ2n) is 4.16. The third kappa shape index (κ3) is 3.44. The number of nitrogens with zero attached hydrogens (tertiary/aromatic N) is 1. The average Bonchev–Trinajstić information content (AvgIpc) is 2.35. The molecule has 0 unspecified atom stereocenters. The molecule has 0 aliphatic heterocycles. The van der Waals surface area contributed by atoms with E-state index in [4.69, 9.17) is 0 Å². The molecule has 0 atom stereocenters. The largest absolute Gasteiger partial charge is 0.505 e. The number of carbonyl (C=O) groups is 2. The maximum atomic E-state index is 11.7. The molecule has 98 valence electrons. The van der Waals surface area contributed by atoms with Crippen molar-refractivity contribution in [3.63, 3.8) is 0 Å². The van der Waals surface area contributed by atoms with E-state index >= 15 is 0 Å². The molecule has 0 radical (unpaired) electrons. The Hall–Kier alpha value is -2.11. The van der Waals surface area contributed by atoms with Gasteiger partial charge in [-0.15, -0.1) is 0 Å². The standard InChI is InChI=1S/C12H16N2O4/c1-7(2)6-13-11(16)8-4-5-9(15)10(14-8)12(17)18-3/h4-5,7,15H,6H2,1-3H3,(H,13,16). The molecule has 0 saturated carbocycles. The first-order valence-electron chi connectivity index (χ1n) is 5.52. The molecule has 2 N–H and O–H groups in total. The number of hydrogen-bond acceptors (Lipinski definition) is 5. The number of amides is 1. The number of aromatic hydroxyl groups is 1. The average molecular weight is 252 g/mol. The summed E-state index contributed by atoms with van der Waals surface area (Å²) in [4.78, 5) is 26.8. The Morgan fingerprint density at radius 3 is 2.67 bits per heavy atom. The van der Waals surface area contributed by atoms with Gasteiger partial charge in [0, 0.05) is 6.54 Å². The van der Waals surface area contributed by atoms with E-state index < -0.39 is 11.9 Å². The fourth-order valence-electron chi connectivity index (χ4n) is 1.21. The van der Waals surface area contributed by atoms with Crippen LogP contribution in [0.5, 0.6) is 5.75 Å². The Labute approximate surface area is 105 Å². The lowest BCUT2D eigenvalue weighted by molar-refractivity contribution is 0.0590. The summed E-state index contributed by atoms with van der Waals surface area (Å²) in [6, 6.07) is 2.58. The number of hydrogen-bond donors (Lipinski definition) is 2. The van der Waals surface area contributed by atoms with Gasteiger partial charge in [0.25, 0.3) is 5.91 Å². The van der Waals surface area contributed by atoms with E-state index in [1.54, 1.807) is 0 Å². The predicted octanol–water partition coefficient (Wildman–Crippen LogP) is 0.960. The van der Waals surface area contributed by atoms with Crippen molar-refractivity contribution < 1.29 is 19.4 Å². The van der Waals surface area contributed by atoms with Crippen molar-refractivity contribution in [1.29, 1.82) is 0 Å². The fourth-order valence-corrected chi connectivity index (χ4v) is 1.21. The molecule has 6 nitrogen and oxygen atoms in total. The van der Waals surface area contributed by atoms with E-state index in [-0.39, 0.29) is 17.1 Å². The first kappa shape index (κ1) is 14.0. The van der Waals surface area contributed by atoms with E-state index in [0.29, 0.717) is 12.5 Å². The zero-order valence-corrected chi connectivity index (χ0v) is 10.6. The van der Waals surface area contributed by atoms with Gasteiger partial charge in [-0.05, 0) is 18.1 Å². The van der Waals surface area contributed by atoms with Crippen molar-refractivity contribution in [2.75, 3.05) is 13.7 Å². The zero-order chi connectivity index (χ0) is 13.7. The second kappa shape index (κ2) is 6.00.